The van der Waals surface area contributed by atoms with Crippen LogP contribution in [0.25, 0.3) is 16.9 Å². The minimum absolute atomic E-state index is 0.143. The summed E-state index contributed by atoms with van der Waals surface area (Å²) in [7, 11) is 0. The van der Waals surface area contributed by atoms with E-state index in [1.165, 1.54) is 0 Å². The third-order valence-electron chi connectivity index (χ3n) is 5.96. The number of benzene rings is 2. The van der Waals surface area contributed by atoms with Crippen molar-refractivity contribution in [2.24, 2.45) is 0 Å². The molecule has 0 aliphatic heterocycles. The molecular formula is C29H32N4O2. The van der Waals surface area contributed by atoms with Crippen LogP contribution >= 0.6 is 0 Å². The molecule has 0 N–H and O–H groups in total. The smallest absolute Gasteiger partial charge is 0.264 e. The molecule has 0 aliphatic rings. The number of hydrogen-bond donors (Lipinski definition) is 0. The van der Waals surface area contributed by atoms with Crippen LogP contribution in [0.5, 0.6) is 5.88 Å². The number of aryl methyl sites for hydroxylation is 3. The number of rotatable bonds is 5. The first-order valence-electron chi connectivity index (χ1n) is 11.8. The Labute approximate surface area is 206 Å². The Hall–Kier alpha value is -3.80. The molecule has 6 heteroatoms. The zero-order chi connectivity index (χ0) is 25.3. The molecule has 4 aromatic rings. The van der Waals surface area contributed by atoms with Crippen molar-refractivity contribution < 1.29 is 4.74 Å². The van der Waals surface area contributed by atoms with Gasteiger partial charge in [-0.3, -0.25) is 9.36 Å². The van der Waals surface area contributed by atoms with Crippen molar-refractivity contribution in [2.75, 3.05) is 0 Å². The van der Waals surface area contributed by atoms with Crippen LogP contribution in [-0.2, 0) is 12.0 Å². The molecule has 35 heavy (non-hydrogen) atoms. The van der Waals surface area contributed by atoms with Crippen LogP contribution in [0.2, 0.25) is 0 Å². The maximum absolute atomic E-state index is 13.5. The van der Waals surface area contributed by atoms with Gasteiger partial charge in [-0.25, -0.2) is 9.97 Å². The van der Waals surface area contributed by atoms with E-state index in [0.29, 0.717) is 23.9 Å². The summed E-state index contributed by atoms with van der Waals surface area (Å²) >= 11 is 0. The van der Waals surface area contributed by atoms with Gasteiger partial charge in [-0.1, -0.05) is 62.7 Å². The van der Waals surface area contributed by atoms with E-state index in [2.05, 4.69) is 36.8 Å². The van der Waals surface area contributed by atoms with Gasteiger partial charge in [0.2, 0.25) is 5.88 Å². The Morgan fingerprint density at radius 3 is 2.43 bits per heavy atom. The Morgan fingerprint density at radius 1 is 0.943 bits per heavy atom. The predicted molar refractivity (Wildman–Crippen MR) is 139 cm³/mol. The van der Waals surface area contributed by atoms with E-state index in [1.807, 2.05) is 63.2 Å². The zero-order valence-corrected chi connectivity index (χ0v) is 21.5. The highest BCUT2D eigenvalue weighted by Crippen LogP contribution is 2.26. The lowest BCUT2D eigenvalue weighted by Crippen LogP contribution is -2.26. The summed E-state index contributed by atoms with van der Waals surface area (Å²) in [5, 5.41) is 0. The molecule has 6 nitrogen and oxygen atoms in total. The minimum Gasteiger partial charge on any atom is -0.472 e. The fourth-order valence-electron chi connectivity index (χ4n) is 3.96. The van der Waals surface area contributed by atoms with Crippen LogP contribution < -0.4 is 10.3 Å². The Bertz CT molecular complexity index is 1450. The van der Waals surface area contributed by atoms with Gasteiger partial charge >= 0.3 is 0 Å². The molecule has 0 spiro atoms. The fraction of sp³-hybridized carbons (Fsp3) is 0.310. The fourth-order valence-corrected chi connectivity index (χ4v) is 3.96. The van der Waals surface area contributed by atoms with E-state index < -0.39 is 0 Å². The Balaban J connectivity index is 1.72. The van der Waals surface area contributed by atoms with Gasteiger partial charge in [-0.15, -0.1) is 0 Å². The maximum Gasteiger partial charge on any atom is 0.264 e. The van der Waals surface area contributed by atoms with Crippen LogP contribution in [0.15, 0.2) is 59.5 Å². The normalized spacial score (nSPS) is 11.5. The van der Waals surface area contributed by atoms with Gasteiger partial charge in [0.05, 0.1) is 16.9 Å². The van der Waals surface area contributed by atoms with E-state index in [4.69, 9.17) is 9.72 Å². The summed E-state index contributed by atoms with van der Waals surface area (Å²) in [5.74, 6) is 1.71. The molecule has 0 saturated heterocycles. The highest BCUT2D eigenvalue weighted by molar-refractivity contribution is 5.64. The lowest BCUT2D eigenvalue weighted by molar-refractivity contribution is 0.289. The molecule has 180 valence electrons. The number of hydrogen-bond acceptors (Lipinski definition) is 5. The van der Waals surface area contributed by atoms with Gasteiger partial charge in [0.1, 0.15) is 18.3 Å². The Morgan fingerprint density at radius 2 is 1.71 bits per heavy atom. The van der Waals surface area contributed by atoms with Gasteiger partial charge in [-0.05, 0) is 51.0 Å². The van der Waals surface area contributed by atoms with Crippen LogP contribution in [0.3, 0.4) is 0 Å². The molecule has 0 fully saturated rings. The summed E-state index contributed by atoms with van der Waals surface area (Å²) in [4.78, 5) is 27.3. The first kappa shape index (κ1) is 24.3. The quantitative estimate of drug-likeness (QED) is 0.370. The van der Waals surface area contributed by atoms with Gasteiger partial charge in [-0.2, -0.15) is 4.98 Å². The molecule has 0 amide bonds. The van der Waals surface area contributed by atoms with Gasteiger partial charge in [0.25, 0.3) is 5.56 Å². The highest BCUT2D eigenvalue weighted by Gasteiger charge is 2.19. The molecule has 0 bridgehead atoms. The first-order valence-corrected chi connectivity index (χ1v) is 11.8. The summed E-state index contributed by atoms with van der Waals surface area (Å²) in [6.45, 7) is 14.2. The topological polar surface area (TPSA) is 69.9 Å². The van der Waals surface area contributed by atoms with Gasteiger partial charge in [0, 0.05) is 17.2 Å². The van der Waals surface area contributed by atoms with E-state index in [1.54, 1.807) is 17.7 Å². The second-order valence-electron chi connectivity index (χ2n) is 10.0. The van der Waals surface area contributed by atoms with Crippen LogP contribution in [0.1, 0.15) is 54.7 Å². The molecule has 0 unspecified atom stereocenters. The Kier molecular flexibility index (Phi) is 6.57. The van der Waals surface area contributed by atoms with Crippen molar-refractivity contribution >= 4 is 0 Å². The zero-order valence-electron chi connectivity index (χ0n) is 21.5. The summed E-state index contributed by atoms with van der Waals surface area (Å²) < 4.78 is 7.61. The second kappa shape index (κ2) is 9.45. The van der Waals surface area contributed by atoms with Crippen molar-refractivity contribution in [3.63, 3.8) is 0 Å². The summed E-state index contributed by atoms with van der Waals surface area (Å²) in [6.07, 6.45) is 1.78. The largest absolute Gasteiger partial charge is 0.472 e. The lowest BCUT2D eigenvalue weighted by atomic mass is 9.95. The predicted octanol–water partition coefficient (Wildman–Crippen LogP) is 5.80. The molecule has 0 atom stereocenters. The highest BCUT2D eigenvalue weighted by atomic mass is 16.5. The minimum atomic E-state index is -0.160. The standard InChI is InChI=1S/C29H32N4O2/c1-18-9-8-10-22(15-18)17-35-26-20(3)27(34)33(21(4)31-26)25-16-23(12-11-19(25)2)24-13-14-30-28(32-24)29(5,6)7/h8-16H,17H2,1-7H3. The number of nitrogens with zero attached hydrogens (tertiary/aromatic N) is 4. The first-order chi connectivity index (χ1) is 16.5. The molecule has 0 aliphatic carbocycles. The van der Waals surface area contributed by atoms with Gasteiger partial charge < -0.3 is 4.74 Å². The number of aromatic nitrogens is 4. The third kappa shape index (κ3) is 5.16. The van der Waals surface area contributed by atoms with E-state index in [0.717, 1.165) is 39.5 Å². The average Bonchev–Trinajstić information content (AvgIpc) is 2.81. The van der Waals surface area contributed by atoms with Crippen molar-refractivity contribution in [2.45, 2.75) is 60.5 Å². The molecule has 0 saturated carbocycles. The third-order valence-corrected chi connectivity index (χ3v) is 5.96. The maximum atomic E-state index is 13.5. The van der Waals surface area contributed by atoms with Crippen LogP contribution in [-0.4, -0.2) is 19.5 Å². The number of ether oxygens (including phenoxy) is 1. The second-order valence-corrected chi connectivity index (χ2v) is 10.0. The van der Waals surface area contributed by atoms with Crippen molar-refractivity contribution in [3.8, 4) is 22.8 Å². The van der Waals surface area contributed by atoms with E-state index >= 15 is 0 Å². The van der Waals surface area contributed by atoms with Crippen molar-refractivity contribution in [1.29, 1.82) is 0 Å². The molecule has 4 rings (SSSR count). The summed E-state index contributed by atoms with van der Waals surface area (Å²) in [5.41, 5.74) is 5.86. The SMILES string of the molecule is Cc1cccc(COc2nc(C)n(-c3cc(-c4ccnc(C(C)(C)C)n4)ccc3C)c(=O)c2C)c1. The van der Waals surface area contributed by atoms with Crippen LogP contribution in [0.4, 0.5) is 0 Å². The monoisotopic (exact) mass is 468 g/mol. The van der Waals surface area contributed by atoms with E-state index in [-0.39, 0.29) is 11.0 Å². The molecule has 2 aromatic carbocycles. The summed E-state index contributed by atoms with van der Waals surface area (Å²) in [6, 6.07) is 16.0. The molecular weight excluding hydrogens is 436 g/mol. The lowest BCUT2D eigenvalue weighted by Gasteiger charge is -2.18. The van der Waals surface area contributed by atoms with Crippen LogP contribution in [0, 0.1) is 27.7 Å². The van der Waals surface area contributed by atoms with E-state index in [9.17, 15) is 4.79 Å². The molecule has 2 aromatic heterocycles. The van der Waals surface area contributed by atoms with Crippen molar-refractivity contribution in [3.05, 3.63) is 99.0 Å². The van der Waals surface area contributed by atoms with Crippen molar-refractivity contribution in [1.82, 2.24) is 19.5 Å². The van der Waals surface area contributed by atoms with Gasteiger partial charge in [0.15, 0.2) is 0 Å². The average molecular weight is 469 g/mol. The molecule has 2 heterocycles. The molecule has 0 radical (unpaired) electrons.